The van der Waals surface area contributed by atoms with Crippen LogP contribution in [0.1, 0.15) is 28.4 Å². The molecule has 0 amide bonds. The SMILES string of the molecule is C/C(=C\c1ccc(C=O)cc1)c1ccccc1. The molecule has 0 spiro atoms. The summed E-state index contributed by atoms with van der Waals surface area (Å²) in [6.45, 7) is 2.09. The number of rotatable bonds is 3. The van der Waals surface area contributed by atoms with Crippen molar-refractivity contribution in [3.05, 3.63) is 71.3 Å². The van der Waals surface area contributed by atoms with Crippen molar-refractivity contribution in [1.29, 1.82) is 0 Å². The second-order valence-electron chi connectivity index (χ2n) is 3.98. The lowest BCUT2D eigenvalue weighted by Crippen LogP contribution is -1.81. The van der Waals surface area contributed by atoms with Crippen LogP contribution in [0.15, 0.2) is 54.6 Å². The van der Waals surface area contributed by atoms with Gasteiger partial charge in [-0.05, 0) is 23.6 Å². The zero-order chi connectivity index (χ0) is 12.1. The van der Waals surface area contributed by atoms with Crippen molar-refractivity contribution in [2.75, 3.05) is 0 Å². The second kappa shape index (κ2) is 5.26. The number of carbonyl (C=O) groups is 1. The van der Waals surface area contributed by atoms with E-state index >= 15 is 0 Å². The van der Waals surface area contributed by atoms with Crippen molar-refractivity contribution >= 4 is 17.9 Å². The average molecular weight is 222 g/mol. The van der Waals surface area contributed by atoms with Crippen LogP contribution in [0.4, 0.5) is 0 Å². The Morgan fingerprint density at radius 3 is 2.06 bits per heavy atom. The number of carbonyl (C=O) groups excluding carboxylic acids is 1. The van der Waals surface area contributed by atoms with Crippen LogP contribution in [0.2, 0.25) is 0 Å². The molecule has 0 aliphatic heterocycles. The first-order valence-electron chi connectivity index (χ1n) is 5.58. The topological polar surface area (TPSA) is 17.1 Å². The van der Waals surface area contributed by atoms with E-state index in [1.54, 1.807) is 0 Å². The zero-order valence-corrected chi connectivity index (χ0v) is 9.76. The van der Waals surface area contributed by atoms with Gasteiger partial charge in [0.25, 0.3) is 0 Å². The lowest BCUT2D eigenvalue weighted by atomic mass is 10.0. The van der Waals surface area contributed by atoms with Crippen molar-refractivity contribution in [1.82, 2.24) is 0 Å². The molecule has 17 heavy (non-hydrogen) atoms. The van der Waals surface area contributed by atoms with E-state index in [-0.39, 0.29) is 0 Å². The largest absolute Gasteiger partial charge is 0.298 e. The van der Waals surface area contributed by atoms with Crippen molar-refractivity contribution in [2.45, 2.75) is 6.92 Å². The third-order valence-electron chi connectivity index (χ3n) is 2.68. The van der Waals surface area contributed by atoms with E-state index in [1.807, 2.05) is 42.5 Å². The van der Waals surface area contributed by atoms with E-state index in [2.05, 4.69) is 25.1 Å². The Morgan fingerprint density at radius 1 is 0.882 bits per heavy atom. The summed E-state index contributed by atoms with van der Waals surface area (Å²) in [6.07, 6.45) is 2.97. The fourth-order valence-electron chi connectivity index (χ4n) is 1.71. The molecule has 0 N–H and O–H groups in total. The fourth-order valence-corrected chi connectivity index (χ4v) is 1.71. The van der Waals surface area contributed by atoms with Gasteiger partial charge >= 0.3 is 0 Å². The summed E-state index contributed by atoms with van der Waals surface area (Å²) in [5.41, 5.74) is 4.24. The number of allylic oxidation sites excluding steroid dienone is 1. The molecule has 2 aromatic rings. The van der Waals surface area contributed by atoms with Crippen LogP contribution in [0.5, 0.6) is 0 Å². The summed E-state index contributed by atoms with van der Waals surface area (Å²) in [5.74, 6) is 0. The predicted octanol–water partition coefficient (Wildman–Crippen LogP) is 4.06. The van der Waals surface area contributed by atoms with Crippen LogP contribution < -0.4 is 0 Å². The maximum Gasteiger partial charge on any atom is 0.150 e. The van der Waals surface area contributed by atoms with Crippen LogP contribution in [0, 0.1) is 0 Å². The summed E-state index contributed by atoms with van der Waals surface area (Å²) in [6, 6.07) is 17.8. The maximum absolute atomic E-state index is 10.5. The van der Waals surface area contributed by atoms with Gasteiger partial charge in [-0.3, -0.25) is 4.79 Å². The number of aldehydes is 1. The standard InChI is InChI=1S/C16H14O/c1-13(16-5-3-2-4-6-16)11-14-7-9-15(12-17)10-8-14/h2-12H,1H3/b13-11+. The highest BCUT2D eigenvalue weighted by molar-refractivity contribution is 5.81. The van der Waals surface area contributed by atoms with Gasteiger partial charge in [-0.1, -0.05) is 60.7 Å². The Hall–Kier alpha value is -2.15. The second-order valence-corrected chi connectivity index (χ2v) is 3.98. The molecular formula is C16H14O. The molecule has 0 radical (unpaired) electrons. The smallest absolute Gasteiger partial charge is 0.150 e. The van der Waals surface area contributed by atoms with Gasteiger partial charge in [0.1, 0.15) is 6.29 Å². The van der Waals surface area contributed by atoms with Gasteiger partial charge < -0.3 is 0 Å². The molecule has 2 aromatic carbocycles. The van der Waals surface area contributed by atoms with Crippen LogP contribution in [0.25, 0.3) is 11.6 Å². The Kier molecular flexibility index (Phi) is 3.51. The molecule has 0 bridgehead atoms. The van der Waals surface area contributed by atoms with Crippen molar-refractivity contribution in [2.24, 2.45) is 0 Å². The number of hydrogen-bond acceptors (Lipinski definition) is 1. The monoisotopic (exact) mass is 222 g/mol. The normalized spacial score (nSPS) is 11.2. The van der Waals surface area contributed by atoms with Crippen LogP contribution in [-0.4, -0.2) is 6.29 Å². The van der Waals surface area contributed by atoms with Gasteiger partial charge in [-0.15, -0.1) is 0 Å². The number of hydrogen-bond donors (Lipinski definition) is 0. The molecule has 1 heteroatoms. The van der Waals surface area contributed by atoms with Gasteiger partial charge in [0.2, 0.25) is 0 Å². The van der Waals surface area contributed by atoms with Crippen molar-refractivity contribution in [3.63, 3.8) is 0 Å². The van der Waals surface area contributed by atoms with Gasteiger partial charge in [0, 0.05) is 5.56 Å². The highest BCUT2D eigenvalue weighted by Crippen LogP contribution is 2.17. The first kappa shape index (κ1) is 11.3. The molecule has 0 saturated heterocycles. The minimum Gasteiger partial charge on any atom is -0.298 e. The average Bonchev–Trinajstić information content (AvgIpc) is 2.40. The minimum absolute atomic E-state index is 0.708. The Bertz CT molecular complexity index is 521. The Morgan fingerprint density at radius 2 is 1.47 bits per heavy atom. The summed E-state index contributed by atoms with van der Waals surface area (Å²) in [7, 11) is 0. The van der Waals surface area contributed by atoms with E-state index in [0.29, 0.717) is 5.56 Å². The summed E-state index contributed by atoms with van der Waals surface area (Å²) < 4.78 is 0. The lowest BCUT2D eigenvalue weighted by molar-refractivity contribution is 0.112. The molecule has 0 atom stereocenters. The summed E-state index contributed by atoms with van der Waals surface area (Å²) in [5, 5.41) is 0. The highest BCUT2D eigenvalue weighted by atomic mass is 16.1. The quantitative estimate of drug-likeness (QED) is 0.565. The molecule has 0 aliphatic rings. The molecule has 0 unspecified atom stereocenters. The van der Waals surface area contributed by atoms with E-state index in [4.69, 9.17) is 0 Å². The molecular weight excluding hydrogens is 208 g/mol. The molecule has 0 aromatic heterocycles. The molecule has 2 rings (SSSR count). The maximum atomic E-state index is 10.5. The first-order valence-corrected chi connectivity index (χ1v) is 5.58. The van der Waals surface area contributed by atoms with Crippen LogP contribution in [0.3, 0.4) is 0 Å². The molecule has 0 fully saturated rings. The van der Waals surface area contributed by atoms with Crippen molar-refractivity contribution in [3.8, 4) is 0 Å². The third kappa shape index (κ3) is 2.91. The zero-order valence-electron chi connectivity index (χ0n) is 9.76. The van der Waals surface area contributed by atoms with E-state index in [9.17, 15) is 4.79 Å². The van der Waals surface area contributed by atoms with E-state index in [0.717, 1.165) is 11.8 Å². The van der Waals surface area contributed by atoms with E-state index < -0.39 is 0 Å². The third-order valence-corrected chi connectivity index (χ3v) is 2.68. The van der Waals surface area contributed by atoms with E-state index in [1.165, 1.54) is 11.1 Å². The van der Waals surface area contributed by atoms with Gasteiger partial charge in [-0.25, -0.2) is 0 Å². The van der Waals surface area contributed by atoms with Gasteiger partial charge in [0.15, 0.2) is 0 Å². The fraction of sp³-hybridized carbons (Fsp3) is 0.0625. The van der Waals surface area contributed by atoms with Gasteiger partial charge in [0.05, 0.1) is 0 Å². The lowest BCUT2D eigenvalue weighted by Gasteiger charge is -2.01. The van der Waals surface area contributed by atoms with Crippen LogP contribution >= 0.6 is 0 Å². The van der Waals surface area contributed by atoms with Crippen LogP contribution in [-0.2, 0) is 0 Å². The van der Waals surface area contributed by atoms with Gasteiger partial charge in [-0.2, -0.15) is 0 Å². The molecule has 0 saturated carbocycles. The molecule has 1 nitrogen and oxygen atoms in total. The van der Waals surface area contributed by atoms with Crippen molar-refractivity contribution < 1.29 is 4.79 Å². The Labute approximate surface area is 101 Å². The number of benzene rings is 2. The molecule has 84 valence electrons. The Balaban J connectivity index is 2.26. The molecule has 0 heterocycles. The molecule has 0 aliphatic carbocycles. The highest BCUT2D eigenvalue weighted by Gasteiger charge is 1.95. The first-order chi connectivity index (χ1) is 8.29. The minimum atomic E-state index is 0.708. The summed E-state index contributed by atoms with van der Waals surface area (Å²) >= 11 is 0. The summed E-state index contributed by atoms with van der Waals surface area (Å²) in [4.78, 5) is 10.5. The predicted molar refractivity (Wildman–Crippen MR) is 71.8 cm³/mol.